The first-order chi connectivity index (χ1) is 26.8. The van der Waals surface area contributed by atoms with Gasteiger partial charge in [-0.2, -0.15) is 0 Å². The van der Waals surface area contributed by atoms with E-state index in [1.807, 2.05) is 60.7 Å². The van der Waals surface area contributed by atoms with Crippen LogP contribution in [0.4, 0.5) is 0 Å². The van der Waals surface area contributed by atoms with Gasteiger partial charge in [-0.15, -0.1) is 0 Å². The van der Waals surface area contributed by atoms with Crippen molar-refractivity contribution < 1.29 is 4.42 Å². The Morgan fingerprint density at radius 3 is 1.74 bits per heavy atom. The molecular formula is C50H31N3O. The summed E-state index contributed by atoms with van der Waals surface area (Å²) in [5.74, 6) is 1.86. The average Bonchev–Trinajstić information content (AvgIpc) is 3.77. The number of furan rings is 1. The van der Waals surface area contributed by atoms with Crippen LogP contribution in [0.1, 0.15) is 22.3 Å². The molecule has 1 aliphatic rings. The van der Waals surface area contributed by atoms with E-state index in [9.17, 15) is 0 Å². The second kappa shape index (κ2) is 11.9. The van der Waals surface area contributed by atoms with Gasteiger partial charge in [-0.3, -0.25) is 0 Å². The molecule has 0 bridgehead atoms. The van der Waals surface area contributed by atoms with Crippen LogP contribution in [-0.2, 0) is 5.41 Å². The Hall–Kier alpha value is -7.17. The van der Waals surface area contributed by atoms with Crippen LogP contribution in [0.15, 0.2) is 192 Å². The fourth-order valence-corrected chi connectivity index (χ4v) is 8.61. The fourth-order valence-electron chi connectivity index (χ4n) is 8.61. The van der Waals surface area contributed by atoms with Gasteiger partial charge in [0.05, 0.1) is 5.41 Å². The van der Waals surface area contributed by atoms with Crippen molar-refractivity contribution >= 4 is 32.7 Å². The Bertz CT molecular complexity index is 2990. The van der Waals surface area contributed by atoms with E-state index in [2.05, 4.69) is 127 Å². The molecule has 10 aromatic rings. The van der Waals surface area contributed by atoms with E-state index in [0.29, 0.717) is 17.5 Å². The summed E-state index contributed by atoms with van der Waals surface area (Å²) < 4.78 is 6.63. The predicted octanol–water partition coefficient (Wildman–Crippen LogP) is 12.3. The molecule has 4 nitrogen and oxygen atoms in total. The molecule has 1 atom stereocenters. The van der Waals surface area contributed by atoms with E-state index in [-0.39, 0.29) is 0 Å². The first-order valence-electron chi connectivity index (χ1n) is 18.3. The fraction of sp³-hybridized carbons (Fsp3) is 0.0200. The van der Waals surface area contributed by atoms with Gasteiger partial charge in [-0.1, -0.05) is 164 Å². The van der Waals surface area contributed by atoms with E-state index >= 15 is 0 Å². The molecule has 0 amide bonds. The summed E-state index contributed by atoms with van der Waals surface area (Å²) in [5, 5.41) is 4.63. The molecule has 1 unspecified atom stereocenters. The maximum Gasteiger partial charge on any atom is 0.164 e. The number of rotatable bonds is 5. The van der Waals surface area contributed by atoms with Gasteiger partial charge in [-0.25, -0.2) is 15.0 Å². The minimum Gasteiger partial charge on any atom is -0.456 e. The minimum absolute atomic E-state index is 0.526. The van der Waals surface area contributed by atoms with Crippen LogP contribution in [0.3, 0.4) is 0 Å². The Morgan fingerprint density at radius 1 is 0.370 bits per heavy atom. The standard InChI is InChI=1S/C50H31N3O/c1-4-15-33(16-5-1)47-51-48(34-17-6-2-7-18-34)53-49(52-47)35-24-27-39-41-31-37(26-29-44(41)54-45(39)30-35)50(36-19-8-3-9-20-36)42-23-13-12-22-40(42)46-38-21-11-10-14-32(38)25-28-43(46)50/h1-31H. The number of aromatic nitrogens is 3. The molecule has 0 fully saturated rings. The third-order valence-electron chi connectivity index (χ3n) is 11.0. The van der Waals surface area contributed by atoms with Crippen molar-refractivity contribution in [3.8, 4) is 45.3 Å². The third kappa shape index (κ3) is 4.53. The minimum atomic E-state index is -0.526. The van der Waals surface area contributed by atoms with Crippen molar-refractivity contribution in [3.63, 3.8) is 0 Å². The highest BCUT2D eigenvalue weighted by Crippen LogP contribution is 2.58. The number of hydrogen-bond donors (Lipinski definition) is 0. The quantitative estimate of drug-likeness (QED) is 0.180. The second-order valence-corrected chi connectivity index (χ2v) is 13.9. The number of fused-ring (bicyclic) bond motifs is 8. The van der Waals surface area contributed by atoms with Crippen LogP contribution in [-0.4, -0.2) is 15.0 Å². The molecule has 54 heavy (non-hydrogen) atoms. The topological polar surface area (TPSA) is 51.8 Å². The van der Waals surface area contributed by atoms with Crippen LogP contribution >= 0.6 is 0 Å². The molecule has 2 heterocycles. The van der Waals surface area contributed by atoms with Gasteiger partial charge in [0.25, 0.3) is 0 Å². The summed E-state index contributed by atoms with van der Waals surface area (Å²) in [6, 6.07) is 66.4. The molecule has 0 saturated carbocycles. The molecule has 0 N–H and O–H groups in total. The zero-order valence-corrected chi connectivity index (χ0v) is 29.1. The van der Waals surface area contributed by atoms with Crippen molar-refractivity contribution in [2.75, 3.05) is 0 Å². The van der Waals surface area contributed by atoms with Gasteiger partial charge >= 0.3 is 0 Å². The zero-order valence-electron chi connectivity index (χ0n) is 29.1. The normalized spacial score (nSPS) is 14.7. The van der Waals surface area contributed by atoms with E-state index in [1.165, 1.54) is 44.2 Å². The van der Waals surface area contributed by atoms with Crippen LogP contribution in [0.5, 0.6) is 0 Å². The molecule has 252 valence electrons. The lowest BCUT2D eigenvalue weighted by Crippen LogP contribution is -2.28. The Balaban J connectivity index is 1.11. The lowest BCUT2D eigenvalue weighted by molar-refractivity contribution is 0.668. The molecule has 0 aliphatic heterocycles. The Labute approximate surface area is 312 Å². The highest BCUT2D eigenvalue weighted by atomic mass is 16.3. The van der Waals surface area contributed by atoms with E-state index in [1.54, 1.807) is 0 Å². The zero-order chi connectivity index (χ0) is 35.6. The molecule has 4 heteroatoms. The predicted molar refractivity (Wildman–Crippen MR) is 218 cm³/mol. The van der Waals surface area contributed by atoms with Gasteiger partial charge in [0, 0.05) is 27.5 Å². The molecule has 2 aromatic heterocycles. The van der Waals surface area contributed by atoms with Gasteiger partial charge in [0.1, 0.15) is 11.2 Å². The monoisotopic (exact) mass is 689 g/mol. The smallest absolute Gasteiger partial charge is 0.164 e. The lowest BCUT2D eigenvalue weighted by Gasteiger charge is -2.34. The summed E-state index contributed by atoms with van der Waals surface area (Å²) in [7, 11) is 0. The maximum absolute atomic E-state index is 6.63. The average molecular weight is 690 g/mol. The van der Waals surface area contributed by atoms with E-state index in [0.717, 1.165) is 38.6 Å². The van der Waals surface area contributed by atoms with Crippen LogP contribution in [0.25, 0.3) is 78.0 Å². The maximum atomic E-state index is 6.63. The summed E-state index contributed by atoms with van der Waals surface area (Å²) in [5.41, 5.74) is 11.4. The molecule has 11 rings (SSSR count). The first kappa shape index (κ1) is 30.5. The Morgan fingerprint density at radius 2 is 1.00 bits per heavy atom. The van der Waals surface area contributed by atoms with Gasteiger partial charge in [0.15, 0.2) is 17.5 Å². The number of nitrogens with zero attached hydrogens (tertiary/aromatic N) is 3. The molecule has 8 aromatic carbocycles. The third-order valence-corrected chi connectivity index (χ3v) is 11.0. The highest BCUT2D eigenvalue weighted by molar-refractivity contribution is 6.08. The van der Waals surface area contributed by atoms with Crippen molar-refractivity contribution in [2.24, 2.45) is 0 Å². The molecule has 1 aliphatic carbocycles. The number of hydrogen-bond acceptors (Lipinski definition) is 4. The summed E-state index contributed by atoms with van der Waals surface area (Å²) in [6.07, 6.45) is 0. The van der Waals surface area contributed by atoms with Crippen molar-refractivity contribution in [1.29, 1.82) is 0 Å². The van der Waals surface area contributed by atoms with Gasteiger partial charge in [0.2, 0.25) is 0 Å². The highest BCUT2D eigenvalue weighted by Gasteiger charge is 2.46. The van der Waals surface area contributed by atoms with E-state index in [4.69, 9.17) is 19.4 Å². The summed E-state index contributed by atoms with van der Waals surface area (Å²) in [4.78, 5) is 14.8. The number of benzene rings is 8. The van der Waals surface area contributed by atoms with E-state index < -0.39 is 5.41 Å². The Kier molecular flexibility index (Phi) is 6.73. The van der Waals surface area contributed by atoms with Crippen molar-refractivity contribution in [3.05, 3.63) is 210 Å². The summed E-state index contributed by atoms with van der Waals surface area (Å²) in [6.45, 7) is 0. The van der Waals surface area contributed by atoms with Gasteiger partial charge < -0.3 is 4.42 Å². The van der Waals surface area contributed by atoms with Crippen molar-refractivity contribution in [2.45, 2.75) is 5.41 Å². The second-order valence-electron chi connectivity index (χ2n) is 13.9. The first-order valence-corrected chi connectivity index (χ1v) is 18.3. The molecule has 0 saturated heterocycles. The SMILES string of the molecule is c1ccc(-c2nc(-c3ccccc3)nc(-c3ccc4c(c3)oc3ccc(C5(c6ccccc6)c6ccccc6-c6c5ccc5ccccc65)cc34)n2)cc1. The molecular weight excluding hydrogens is 659 g/mol. The molecule has 0 spiro atoms. The summed E-state index contributed by atoms with van der Waals surface area (Å²) >= 11 is 0. The molecule has 0 radical (unpaired) electrons. The largest absolute Gasteiger partial charge is 0.456 e. The van der Waals surface area contributed by atoms with Crippen LogP contribution < -0.4 is 0 Å². The van der Waals surface area contributed by atoms with Crippen LogP contribution in [0, 0.1) is 0 Å². The lowest BCUT2D eigenvalue weighted by atomic mass is 9.67. The van der Waals surface area contributed by atoms with Crippen molar-refractivity contribution in [1.82, 2.24) is 15.0 Å². The van der Waals surface area contributed by atoms with Crippen LogP contribution in [0.2, 0.25) is 0 Å². The van der Waals surface area contributed by atoms with Gasteiger partial charge in [-0.05, 0) is 68.4 Å².